The van der Waals surface area contributed by atoms with Crippen molar-refractivity contribution >= 4 is 16.9 Å². The molecule has 1 aromatic heterocycles. The Bertz CT molecular complexity index is 1220. The number of amides is 1. The van der Waals surface area contributed by atoms with E-state index in [4.69, 9.17) is 0 Å². The van der Waals surface area contributed by atoms with Crippen molar-refractivity contribution in [1.82, 2.24) is 19.4 Å². The summed E-state index contributed by atoms with van der Waals surface area (Å²) in [5, 5.41) is 0. The monoisotopic (exact) mass is 424 g/mol. The highest BCUT2D eigenvalue weighted by Crippen LogP contribution is 2.16. The summed E-state index contributed by atoms with van der Waals surface area (Å²) in [4.78, 5) is 43.7. The van der Waals surface area contributed by atoms with Crippen LogP contribution in [-0.2, 0) is 13.1 Å². The second kappa shape index (κ2) is 8.85. The number of fused-ring (bicyclic) bond motifs is 1. The molecule has 3 aromatic rings. The van der Waals surface area contributed by atoms with E-state index in [1.807, 2.05) is 4.90 Å². The zero-order valence-corrected chi connectivity index (χ0v) is 17.4. The Kier molecular flexibility index (Phi) is 5.99. The fourth-order valence-electron chi connectivity index (χ4n) is 4.09. The van der Waals surface area contributed by atoms with Crippen LogP contribution in [0.25, 0.3) is 11.0 Å². The van der Waals surface area contributed by atoms with E-state index in [1.165, 1.54) is 16.7 Å². The van der Waals surface area contributed by atoms with Gasteiger partial charge >= 0.3 is 11.1 Å². The first-order valence-corrected chi connectivity index (χ1v) is 10.5. The number of aromatic amines is 1. The highest BCUT2D eigenvalue weighted by atomic mass is 19.1. The van der Waals surface area contributed by atoms with Crippen molar-refractivity contribution in [3.8, 4) is 0 Å². The van der Waals surface area contributed by atoms with Crippen LogP contribution in [-0.4, -0.2) is 51.4 Å². The molecule has 0 spiro atoms. The largest absolute Gasteiger partial charge is 0.337 e. The second-order valence-corrected chi connectivity index (χ2v) is 7.78. The SMILES string of the molecule is CCn1c(=O)c(=O)[nH]c2cc(C(=O)N3CCCN(Cc4ccc(F)cc4)CC3)ccc21. The van der Waals surface area contributed by atoms with Crippen LogP contribution < -0.4 is 11.1 Å². The molecule has 7 nitrogen and oxygen atoms in total. The predicted octanol–water partition coefficient (Wildman–Crippen LogP) is 2.20. The van der Waals surface area contributed by atoms with Gasteiger partial charge in [-0.2, -0.15) is 0 Å². The van der Waals surface area contributed by atoms with Crippen LogP contribution in [0.15, 0.2) is 52.1 Å². The van der Waals surface area contributed by atoms with E-state index in [0.29, 0.717) is 42.8 Å². The van der Waals surface area contributed by atoms with E-state index in [1.54, 1.807) is 37.3 Å². The third kappa shape index (κ3) is 4.44. The van der Waals surface area contributed by atoms with E-state index in [-0.39, 0.29) is 11.7 Å². The van der Waals surface area contributed by atoms with Crippen molar-refractivity contribution in [3.63, 3.8) is 0 Å². The Morgan fingerprint density at radius 1 is 1.03 bits per heavy atom. The molecule has 1 amide bonds. The number of carbonyl (C=O) groups is 1. The summed E-state index contributed by atoms with van der Waals surface area (Å²) in [5.41, 5.74) is 1.32. The zero-order valence-electron chi connectivity index (χ0n) is 17.4. The lowest BCUT2D eigenvalue weighted by Crippen LogP contribution is -2.36. The van der Waals surface area contributed by atoms with Crippen LogP contribution in [0, 0.1) is 5.82 Å². The molecule has 0 saturated carbocycles. The van der Waals surface area contributed by atoms with E-state index in [2.05, 4.69) is 9.88 Å². The number of carbonyl (C=O) groups excluding carboxylic acids is 1. The van der Waals surface area contributed by atoms with Crippen molar-refractivity contribution in [2.45, 2.75) is 26.4 Å². The van der Waals surface area contributed by atoms with E-state index >= 15 is 0 Å². The lowest BCUT2D eigenvalue weighted by atomic mass is 10.1. The van der Waals surface area contributed by atoms with Crippen LogP contribution in [0.2, 0.25) is 0 Å². The summed E-state index contributed by atoms with van der Waals surface area (Å²) >= 11 is 0. The molecule has 1 aliphatic heterocycles. The second-order valence-electron chi connectivity index (χ2n) is 7.78. The summed E-state index contributed by atoms with van der Waals surface area (Å²) in [6.07, 6.45) is 0.840. The van der Waals surface area contributed by atoms with Crippen LogP contribution >= 0.6 is 0 Å². The Labute approximate surface area is 178 Å². The van der Waals surface area contributed by atoms with Gasteiger partial charge in [0.1, 0.15) is 5.82 Å². The van der Waals surface area contributed by atoms with Gasteiger partial charge < -0.3 is 14.5 Å². The highest BCUT2D eigenvalue weighted by molar-refractivity contribution is 5.97. The molecule has 0 unspecified atom stereocenters. The molecular formula is C23H25FN4O3. The summed E-state index contributed by atoms with van der Waals surface area (Å²) in [5.74, 6) is -0.343. The standard InChI is InChI=1S/C23H25FN4O3/c1-2-28-20-9-6-17(14-19(20)25-21(29)23(28)31)22(30)27-11-3-10-26(12-13-27)15-16-4-7-18(24)8-5-16/h4-9,14H,2-3,10-13,15H2,1H3,(H,25,29). The Morgan fingerprint density at radius 3 is 2.55 bits per heavy atom. The maximum Gasteiger partial charge on any atom is 0.316 e. The maximum absolute atomic E-state index is 13.1. The van der Waals surface area contributed by atoms with E-state index in [9.17, 15) is 18.8 Å². The lowest BCUT2D eigenvalue weighted by Gasteiger charge is -2.22. The normalized spacial score (nSPS) is 15.2. The fourth-order valence-corrected chi connectivity index (χ4v) is 4.09. The van der Waals surface area contributed by atoms with Crippen LogP contribution in [0.4, 0.5) is 4.39 Å². The third-order valence-electron chi connectivity index (χ3n) is 5.73. The summed E-state index contributed by atoms with van der Waals surface area (Å²) in [6, 6.07) is 11.6. The predicted molar refractivity (Wildman–Crippen MR) is 117 cm³/mol. The van der Waals surface area contributed by atoms with Crippen molar-refractivity contribution in [2.24, 2.45) is 0 Å². The minimum absolute atomic E-state index is 0.0966. The minimum Gasteiger partial charge on any atom is -0.337 e. The molecule has 2 aromatic carbocycles. The van der Waals surface area contributed by atoms with Gasteiger partial charge in [-0.3, -0.25) is 19.3 Å². The molecule has 31 heavy (non-hydrogen) atoms. The van der Waals surface area contributed by atoms with Gasteiger partial charge in [0.15, 0.2) is 0 Å². The van der Waals surface area contributed by atoms with Crippen molar-refractivity contribution in [3.05, 3.63) is 80.1 Å². The molecule has 1 fully saturated rings. The number of rotatable bonds is 4. The summed E-state index contributed by atoms with van der Waals surface area (Å²) in [7, 11) is 0. The number of aromatic nitrogens is 2. The van der Waals surface area contributed by atoms with E-state index < -0.39 is 11.1 Å². The summed E-state index contributed by atoms with van der Waals surface area (Å²) < 4.78 is 14.5. The number of nitrogens with zero attached hydrogens (tertiary/aromatic N) is 3. The number of benzene rings is 2. The topological polar surface area (TPSA) is 78.4 Å². The van der Waals surface area contributed by atoms with E-state index in [0.717, 1.165) is 25.1 Å². The van der Waals surface area contributed by atoms with Crippen LogP contribution in [0.5, 0.6) is 0 Å². The van der Waals surface area contributed by atoms with Gasteiger partial charge in [-0.1, -0.05) is 12.1 Å². The Morgan fingerprint density at radius 2 is 1.81 bits per heavy atom. The Hall–Kier alpha value is -3.26. The number of hydrogen-bond acceptors (Lipinski definition) is 4. The zero-order chi connectivity index (χ0) is 22.0. The quantitative estimate of drug-likeness (QED) is 0.652. The summed E-state index contributed by atoms with van der Waals surface area (Å²) in [6.45, 7) is 5.70. The number of hydrogen-bond donors (Lipinski definition) is 1. The van der Waals surface area contributed by atoms with Gasteiger partial charge in [0.05, 0.1) is 11.0 Å². The molecule has 0 bridgehead atoms. The van der Waals surface area contributed by atoms with Crippen molar-refractivity contribution in [2.75, 3.05) is 26.2 Å². The van der Waals surface area contributed by atoms with Crippen LogP contribution in [0.1, 0.15) is 29.3 Å². The molecular weight excluding hydrogens is 399 g/mol. The first kappa shape index (κ1) is 21.0. The third-order valence-corrected chi connectivity index (χ3v) is 5.73. The average molecular weight is 424 g/mol. The fraction of sp³-hybridized carbons (Fsp3) is 0.348. The minimum atomic E-state index is -0.690. The number of H-pyrrole nitrogens is 1. The molecule has 0 atom stereocenters. The van der Waals surface area contributed by atoms with Crippen LogP contribution in [0.3, 0.4) is 0 Å². The number of nitrogens with one attached hydrogen (secondary N) is 1. The maximum atomic E-state index is 13.1. The lowest BCUT2D eigenvalue weighted by molar-refractivity contribution is 0.0761. The van der Waals surface area contributed by atoms with Crippen molar-refractivity contribution in [1.29, 1.82) is 0 Å². The number of aryl methyl sites for hydroxylation is 1. The number of halogens is 1. The van der Waals surface area contributed by atoms with Gasteiger partial charge in [-0.15, -0.1) is 0 Å². The molecule has 4 rings (SSSR count). The van der Waals surface area contributed by atoms with Gasteiger partial charge in [-0.05, 0) is 49.2 Å². The Balaban J connectivity index is 1.49. The van der Waals surface area contributed by atoms with Gasteiger partial charge in [0.2, 0.25) is 0 Å². The van der Waals surface area contributed by atoms with Crippen molar-refractivity contribution < 1.29 is 9.18 Å². The highest BCUT2D eigenvalue weighted by Gasteiger charge is 2.21. The van der Waals surface area contributed by atoms with Gasteiger partial charge in [0, 0.05) is 44.8 Å². The first-order chi connectivity index (χ1) is 15.0. The first-order valence-electron chi connectivity index (χ1n) is 10.5. The molecule has 1 N–H and O–H groups in total. The van der Waals surface area contributed by atoms with Gasteiger partial charge in [-0.25, -0.2) is 4.39 Å². The molecule has 2 heterocycles. The molecule has 8 heteroatoms. The molecule has 1 aliphatic rings. The molecule has 0 radical (unpaired) electrons. The molecule has 162 valence electrons. The average Bonchev–Trinajstić information content (AvgIpc) is 3.01. The molecule has 0 aliphatic carbocycles. The smallest absolute Gasteiger partial charge is 0.316 e. The van der Waals surface area contributed by atoms with Gasteiger partial charge in [0.25, 0.3) is 5.91 Å². The molecule has 1 saturated heterocycles.